The number of benzene rings is 5. The summed E-state index contributed by atoms with van der Waals surface area (Å²) >= 11 is 5.94. The number of nitrogens with one attached hydrogen (secondary N) is 1. The number of carbonyl (C=O) groups is 2. The summed E-state index contributed by atoms with van der Waals surface area (Å²) in [6, 6.07) is 34.5. The molecule has 1 N–H and O–H groups in total. The average molecular weight is 579 g/mol. The fourth-order valence-corrected chi connectivity index (χ4v) is 4.23. The molecule has 0 saturated heterocycles. The van der Waals surface area contributed by atoms with Crippen molar-refractivity contribution in [2.24, 2.45) is 5.10 Å². The summed E-state index contributed by atoms with van der Waals surface area (Å²) < 4.78 is 17.3. The Morgan fingerprint density at radius 1 is 0.833 bits per heavy atom. The fourth-order valence-electron chi connectivity index (χ4n) is 4.11. The Bertz CT molecular complexity index is 1700. The Kier molecular flexibility index (Phi) is 9.11. The number of ether oxygens (including phenoxy) is 3. The Morgan fingerprint density at radius 2 is 1.52 bits per heavy atom. The van der Waals surface area contributed by atoms with E-state index in [1.807, 2.05) is 60.7 Å². The van der Waals surface area contributed by atoms with Crippen LogP contribution >= 0.6 is 11.6 Å². The SMILES string of the molecule is C[C@@H](Oc1ccc(OCc2ccccc2)cc1)C(=O)N/N=C\c1c(OC(=O)c2ccc(Cl)cc2)ccc2ccccc12. The molecule has 5 aromatic rings. The van der Waals surface area contributed by atoms with Gasteiger partial charge in [-0.05, 0) is 77.9 Å². The molecule has 0 aliphatic rings. The van der Waals surface area contributed by atoms with Crippen molar-refractivity contribution in [3.8, 4) is 17.2 Å². The Balaban J connectivity index is 1.22. The molecule has 0 aliphatic heterocycles. The van der Waals surface area contributed by atoms with Gasteiger partial charge in [0.15, 0.2) is 6.10 Å². The molecule has 0 heterocycles. The van der Waals surface area contributed by atoms with E-state index < -0.39 is 18.0 Å². The minimum Gasteiger partial charge on any atom is -0.489 e. The number of nitrogens with zero attached hydrogens (tertiary/aromatic N) is 1. The second-order valence-electron chi connectivity index (χ2n) is 9.33. The highest BCUT2D eigenvalue weighted by Gasteiger charge is 2.16. The van der Waals surface area contributed by atoms with E-state index in [0.717, 1.165) is 16.3 Å². The van der Waals surface area contributed by atoms with Gasteiger partial charge in [0.25, 0.3) is 5.91 Å². The zero-order valence-corrected chi connectivity index (χ0v) is 23.5. The maximum Gasteiger partial charge on any atom is 0.343 e. The summed E-state index contributed by atoms with van der Waals surface area (Å²) in [7, 11) is 0. The van der Waals surface area contributed by atoms with Gasteiger partial charge in [-0.2, -0.15) is 5.10 Å². The van der Waals surface area contributed by atoms with E-state index in [4.69, 9.17) is 25.8 Å². The molecule has 0 fully saturated rings. The molecule has 1 atom stereocenters. The van der Waals surface area contributed by atoms with Crippen molar-refractivity contribution < 1.29 is 23.8 Å². The van der Waals surface area contributed by atoms with Crippen LogP contribution in [0.1, 0.15) is 28.4 Å². The van der Waals surface area contributed by atoms with Crippen molar-refractivity contribution >= 4 is 40.5 Å². The first kappa shape index (κ1) is 28.4. The number of halogens is 1. The number of hydrogen-bond donors (Lipinski definition) is 1. The van der Waals surface area contributed by atoms with E-state index in [1.165, 1.54) is 6.21 Å². The highest BCUT2D eigenvalue weighted by Crippen LogP contribution is 2.28. The summed E-state index contributed by atoms with van der Waals surface area (Å²) in [5.41, 5.74) is 4.47. The van der Waals surface area contributed by atoms with Crippen molar-refractivity contribution in [3.05, 3.63) is 137 Å². The highest BCUT2D eigenvalue weighted by atomic mass is 35.5. The van der Waals surface area contributed by atoms with Gasteiger partial charge in [0.1, 0.15) is 23.9 Å². The molecule has 0 unspecified atom stereocenters. The van der Waals surface area contributed by atoms with Crippen LogP contribution in [0.15, 0.2) is 120 Å². The largest absolute Gasteiger partial charge is 0.489 e. The minimum atomic E-state index is -0.826. The minimum absolute atomic E-state index is 0.297. The molecule has 0 bridgehead atoms. The molecular formula is C34H27ClN2O5. The van der Waals surface area contributed by atoms with Gasteiger partial charge in [-0.1, -0.05) is 72.3 Å². The summed E-state index contributed by atoms with van der Waals surface area (Å²) in [6.45, 7) is 2.08. The van der Waals surface area contributed by atoms with Crippen LogP contribution in [0.4, 0.5) is 0 Å². The van der Waals surface area contributed by atoms with Crippen molar-refractivity contribution in [3.63, 3.8) is 0 Å². The van der Waals surface area contributed by atoms with Crippen LogP contribution in [0.25, 0.3) is 10.8 Å². The fraction of sp³-hybridized carbons (Fsp3) is 0.0882. The van der Waals surface area contributed by atoms with E-state index in [0.29, 0.717) is 40.0 Å². The van der Waals surface area contributed by atoms with Crippen LogP contribution < -0.4 is 19.6 Å². The van der Waals surface area contributed by atoms with Crippen LogP contribution in [-0.2, 0) is 11.4 Å². The molecule has 0 spiro atoms. The average Bonchev–Trinajstić information content (AvgIpc) is 3.02. The predicted octanol–water partition coefficient (Wildman–Crippen LogP) is 7.21. The van der Waals surface area contributed by atoms with Gasteiger partial charge >= 0.3 is 5.97 Å². The molecule has 210 valence electrons. The second-order valence-corrected chi connectivity index (χ2v) is 9.77. The quantitative estimate of drug-likeness (QED) is 0.0819. The van der Waals surface area contributed by atoms with Gasteiger partial charge in [-0.25, -0.2) is 10.2 Å². The molecule has 1 amide bonds. The van der Waals surface area contributed by atoms with Crippen LogP contribution in [0.5, 0.6) is 17.2 Å². The summed E-state index contributed by atoms with van der Waals surface area (Å²) in [6.07, 6.45) is 0.629. The summed E-state index contributed by atoms with van der Waals surface area (Å²) in [4.78, 5) is 25.5. The lowest BCUT2D eigenvalue weighted by Crippen LogP contribution is -2.33. The van der Waals surface area contributed by atoms with Crippen molar-refractivity contribution in [1.29, 1.82) is 0 Å². The second kappa shape index (κ2) is 13.5. The number of carbonyl (C=O) groups excluding carboxylic acids is 2. The number of rotatable bonds is 10. The number of hydrazone groups is 1. The van der Waals surface area contributed by atoms with E-state index in [1.54, 1.807) is 61.5 Å². The predicted molar refractivity (Wildman–Crippen MR) is 163 cm³/mol. The molecule has 5 aromatic carbocycles. The number of hydrogen-bond acceptors (Lipinski definition) is 6. The smallest absolute Gasteiger partial charge is 0.343 e. The lowest BCUT2D eigenvalue weighted by atomic mass is 10.0. The lowest BCUT2D eigenvalue weighted by molar-refractivity contribution is -0.127. The normalized spacial score (nSPS) is 11.7. The van der Waals surface area contributed by atoms with Gasteiger partial charge in [0.05, 0.1) is 11.8 Å². The highest BCUT2D eigenvalue weighted by molar-refractivity contribution is 6.30. The molecule has 0 radical (unpaired) electrons. The molecular weight excluding hydrogens is 552 g/mol. The molecule has 5 rings (SSSR count). The Labute approximate surface area is 248 Å². The third-order valence-corrected chi connectivity index (χ3v) is 6.59. The standard InChI is InChI=1S/C34H27ClN2O5/c1-23(41-29-18-16-28(17-19-29)40-22-24-7-3-2-4-8-24)33(38)37-36-21-31-30-10-6-5-9-25(30)13-20-32(31)42-34(39)26-11-14-27(35)15-12-26/h2-21,23H,22H2,1H3,(H,37,38)/b36-21-/t23-/m1/s1. The van der Waals surface area contributed by atoms with Crippen LogP contribution in [0.3, 0.4) is 0 Å². The molecule has 0 saturated carbocycles. The molecule has 42 heavy (non-hydrogen) atoms. The third kappa shape index (κ3) is 7.33. The Hall–Kier alpha value is -5.14. The molecule has 0 aromatic heterocycles. The van der Waals surface area contributed by atoms with Crippen molar-refractivity contribution in [2.75, 3.05) is 0 Å². The zero-order chi connectivity index (χ0) is 29.3. The summed E-state index contributed by atoms with van der Waals surface area (Å²) in [5, 5.41) is 6.38. The maximum atomic E-state index is 12.8. The van der Waals surface area contributed by atoms with Gasteiger partial charge in [0, 0.05) is 10.6 Å². The molecule has 0 aliphatic carbocycles. The molecule has 7 nitrogen and oxygen atoms in total. The van der Waals surface area contributed by atoms with Crippen molar-refractivity contribution in [1.82, 2.24) is 5.43 Å². The van der Waals surface area contributed by atoms with E-state index in [2.05, 4.69) is 10.5 Å². The van der Waals surface area contributed by atoms with Gasteiger partial charge in [-0.3, -0.25) is 4.79 Å². The number of esters is 1. The maximum absolute atomic E-state index is 12.8. The first-order valence-corrected chi connectivity index (χ1v) is 13.6. The first-order chi connectivity index (χ1) is 20.5. The molecule has 8 heteroatoms. The lowest BCUT2D eigenvalue weighted by Gasteiger charge is -2.14. The Morgan fingerprint density at radius 3 is 2.29 bits per heavy atom. The van der Waals surface area contributed by atoms with Crippen LogP contribution in [-0.4, -0.2) is 24.2 Å². The monoisotopic (exact) mass is 578 g/mol. The van der Waals surface area contributed by atoms with E-state index in [-0.39, 0.29) is 0 Å². The number of fused-ring (bicyclic) bond motifs is 1. The van der Waals surface area contributed by atoms with Crippen LogP contribution in [0.2, 0.25) is 5.02 Å². The zero-order valence-electron chi connectivity index (χ0n) is 22.7. The van der Waals surface area contributed by atoms with Gasteiger partial charge in [-0.15, -0.1) is 0 Å². The summed E-state index contributed by atoms with van der Waals surface area (Å²) in [5.74, 6) is 0.509. The van der Waals surface area contributed by atoms with E-state index in [9.17, 15) is 9.59 Å². The first-order valence-electron chi connectivity index (χ1n) is 13.2. The number of amides is 1. The van der Waals surface area contributed by atoms with Gasteiger partial charge in [0.2, 0.25) is 0 Å². The van der Waals surface area contributed by atoms with Crippen LogP contribution in [0, 0.1) is 0 Å². The van der Waals surface area contributed by atoms with Gasteiger partial charge < -0.3 is 14.2 Å². The van der Waals surface area contributed by atoms with Crippen molar-refractivity contribution in [2.45, 2.75) is 19.6 Å². The third-order valence-electron chi connectivity index (χ3n) is 6.34. The van der Waals surface area contributed by atoms with E-state index >= 15 is 0 Å². The topological polar surface area (TPSA) is 86.2 Å².